The molecule has 1 N–H and O–H groups in total. The molecule has 3 fully saturated rings. The zero-order valence-corrected chi connectivity index (χ0v) is 15.7. The highest BCUT2D eigenvalue weighted by Crippen LogP contribution is 2.45. The van der Waals surface area contributed by atoms with Crippen molar-refractivity contribution in [3.05, 3.63) is 30.3 Å². The lowest BCUT2D eigenvalue weighted by Gasteiger charge is -2.32. The largest absolute Gasteiger partial charge is 0.493 e. The van der Waals surface area contributed by atoms with Gasteiger partial charge in [-0.2, -0.15) is 0 Å². The normalized spacial score (nSPS) is 25.1. The fraction of sp³-hybridized carbons (Fsp3) is 0.667. The van der Waals surface area contributed by atoms with E-state index in [1.165, 1.54) is 32.4 Å². The van der Waals surface area contributed by atoms with Crippen LogP contribution >= 0.6 is 0 Å². The molecule has 1 aliphatic carbocycles. The monoisotopic (exact) mass is 357 g/mol. The number of benzene rings is 1. The third-order valence-corrected chi connectivity index (χ3v) is 6.22. The summed E-state index contributed by atoms with van der Waals surface area (Å²) in [5, 5.41) is 3.18. The lowest BCUT2D eigenvalue weighted by Crippen LogP contribution is -2.45. The first-order chi connectivity index (χ1) is 12.7. The Bertz CT molecular complexity index is 597. The number of carbonyl (C=O) groups excluding carboxylic acids is 1. The van der Waals surface area contributed by atoms with E-state index in [4.69, 9.17) is 4.74 Å². The van der Waals surface area contributed by atoms with Gasteiger partial charge in [-0.1, -0.05) is 24.6 Å². The van der Waals surface area contributed by atoms with Crippen LogP contribution in [0.5, 0.6) is 5.75 Å². The smallest absolute Gasteiger partial charge is 0.317 e. The second-order valence-corrected chi connectivity index (χ2v) is 8.25. The van der Waals surface area contributed by atoms with Crippen molar-refractivity contribution in [2.24, 2.45) is 5.41 Å². The molecule has 0 radical (unpaired) electrons. The third-order valence-electron chi connectivity index (χ3n) is 6.22. The summed E-state index contributed by atoms with van der Waals surface area (Å²) >= 11 is 0. The van der Waals surface area contributed by atoms with Crippen LogP contribution in [-0.2, 0) is 0 Å². The summed E-state index contributed by atoms with van der Waals surface area (Å²) in [5.74, 6) is 0.911. The standard InChI is InChI=1S/C21H31N3O2/c25-20(24-14-9-18(15-24)23-12-5-2-6-13-23)22-16-21(10-11-21)17-26-19-7-3-1-4-8-19/h1,3-4,7-8,18H,2,5-6,9-17H2,(H,22,25). The minimum absolute atomic E-state index is 0.107. The zero-order valence-electron chi connectivity index (χ0n) is 15.7. The number of ether oxygens (including phenoxy) is 1. The molecule has 2 heterocycles. The zero-order chi connectivity index (χ0) is 17.8. The van der Waals surface area contributed by atoms with Crippen LogP contribution in [0.2, 0.25) is 0 Å². The van der Waals surface area contributed by atoms with Gasteiger partial charge in [0.1, 0.15) is 5.75 Å². The average molecular weight is 357 g/mol. The van der Waals surface area contributed by atoms with Crippen LogP contribution in [0.4, 0.5) is 4.79 Å². The van der Waals surface area contributed by atoms with Gasteiger partial charge in [0.25, 0.3) is 0 Å². The number of piperidine rings is 1. The Morgan fingerprint density at radius 3 is 2.62 bits per heavy atom. The van der Waals surface area contributed by atoms with E-state index in [1.807, 2.05) is 35.2 Å². The molecule has 5 nitrogen and oxygen atoms in total. The topological polar surface area (TPSA) is 44.8 Å². The number of likely N-dealkylation sites (tertiary alicyclic amines) is 2. The first kappa shape index (κ1) is 17.7. The van der Waals surface area contributed by atoms with E-state index in [-0.39, 0.29) is 11.4 Å². The Labute approximate surface area is 156 Å². The lowest BCUT2D eigenvalue weighted by atomic mass is 10.1. The van der Waals surface area contributed by atoms with Gasteiger partial charge in [-0.15, -0.1) is 0 Å². The molecule has 2 saturated heterocycles. The molecule has 1 atom stereocenters. The van der Waals surface area contributed by atoms with E-state index in [2.05, 4.69) is 10.2 Å². The number of hydrogen-bond acceptors (Lipinski definition) is 3. The van der Waals surface area contributed by atoms with Crippen LogP contribution < -0.4 is 10.1 Å². The van der Waals surface area contributed by atoms with Crippen molar-refractivity contribution in [3.8, 4) is 5.75 Å². The number of amides is 2. The summed E-state index contributed by atoms with van der Waals surface area (Å²) in [4.78, 5) is 17.2. The quantitative estimate of drug-likeness (QED) is 0.851. The summed E-state index contributed by atoms with van der Waals surface area (Å²) in [6.45, 7) is 5.61. The predicted molar refractivity (Wildman–Crippen MR) is 102 cm³/mol. The summed E-state index contributed by atoms with van der Waals surface area (Å²) in [6.07, 6.45) is 7.38. The van der Waals surface area contributed by atoms with E-state index >= 15 is 0 Å². The number of hydrogen-bond donors (Lipinski definition) is 1. The Morgan fingerprint density at radius 2 is 1.88 bits per heavy atom. The fourth-order valence-corrected chi connectivity index (χ4v) is 4.18. The lowest BCUT2D eigenvalue weighted by molar-refractivity contribution is 0.160. The molecule has 1 aromatic rings. The number of nitrogens with zero attached hydrogens (tertiary/aromatic N) is 2. The summed E-state index contributed by atoms with van der Waals surface area (Å²) < 4.78 is 5.92. The van der Waals surface area contributed by atoms with Crippen LogP contribution in [-0.4, -0.2) is 61.2 Å². The number of nitrogens with one attached hydrogen (secondary N) is 1. The molecule has 5 heteroatoms. The Morgan fingerprint density at radius 1 is 1.12 bits per heavy atom. The Hall–Kier alpha value is -1.75. The van der Waals surface area contributed by atoms with Crippen molar-refractivity contribution in [2.45, 2.75) is 44.6 Å². The van der Waals surface area contributed by atoms with Crippen molar-refractivity contribution in [3.63, 3.8) is 0 Å². The van der Waals surface area contributed by atoms with Gasteiger partial charge in [-0.25, -0.2) is 4.79 Å². The third kappa shape index (κ3) is 4.32. The summed E-state index contributed by atoms with van der Waals surface area (Å²) in [5.41, 5.74) is 0.136. The minimum atomic E-state index is 0.107. The molecule has 1 aromatic carbocycles. The fourth-order valence-electron chi connectivity index (χ4n) is 4.18. The molecule has 3 aliphatic rings. The van der Waals surface area contributed by atoms with Gasteiger partial charge in [0.15, 0.2) is 0 Å². The van der Waals surface area contributed by atoms with E-state index in [0.29, 0.717) is 12.6 Å². The molecule has 142 valence electrons. The van der Waals surface area contributed by atoms with Crippen molar-refractivity contribution in [2.75, 3.05) is 39.3 Å². The maximum absolute atomic E-state index is 12.6. The van der Waals surface area contributed by atoms with Gasteiger partial charge >= 0.3 is 6.03 Å². The highest BCUT2D eigenvalue weighted by Gasteiger charge is 2.44. The van der Waals surface area contributed by atoms with E-state index in [1.54, 1.807) is 0 Å². The van der Waals surface area contributed by atoms with Crippen molar-refractivity contribution in [1.29, 1.82) is 0 Å². The molecular weight excluding hydrogens is 326 g/mol. The first-order valence-electron chi connectivity index (χ1n) is 10.2. The van der Waals surface area contributed by atoms with Crippen molar-refractivity contribution >= 4 is 6.03 Å². The second kappa shape index (κ2) is 7.87. The summed E-state index contributed by atoms with van der Waals surface area (Å²) in [7, 11) is 0. The molecular formula is C21H31N3O2. The summed E-state index contributed by atoms with van der Waals surface area (Å²) in [6, 6.07) is 10.6. The number of para-hydroxylation sites is 1. The maximum Gasteiger partial charge on any atom is 0.317 e. The Balaban J connectivity index is 1.20. The van der Waals surface area contributed by atoms with E-state index in [0.717, 1.165) is 44.6 Å². The molecule has 0 bridgehead atoms. The van der Waals surface area contributed by atoms with Gasteiger partial charge < -0.3 is 15.0 Å². The maximum atomic E-state index is 12.6. The number of rotatable bonds is 6. The van der Waals surface area contributed by atoms with Crippen molar-refractivity contribution < 1.29 is 9.53 Å². The van der Waals surface area contributed by atoms with E-state index < -0.39 is 0 Å². The molecule has 4 rings (SSSR count). The van der Waals surface area contributed by atoms with Crippen LogP contribution in [0.15, 0.2) is 30.3 Å². The minimum Gasteiger partial charge on any atom is -0.493 e. The number of urea groups is 1. The highest BCUT2D eigenvalue weighted by atomic mass is 16.5. The molecule has 0 spiro atoms. The second-order valence-electron chi connectivity index (χ2n) is 8.25. The number of carbonyl (C=O) groups is 1. The molecule has 26 heavy (non-hydrogen) atoms. The first-order valence-corrected chi connectivity index (χ1v) is 10.2. The molecule has 2 aliphatic heterocycles. The van der Waals surface area contributed by atoms with Crippen LogP contribution in [0.1, 0.15) is 38.5 Å². The van der Waals surface area contributed by atoms with Gasteiger partial charge in [0.2, 0.25) is 0 Å². The van der Waals surface area contributed by atoms with Crippen molar-refractivity contribution in [1.82, 2.24) is 15.1 Å². The van der Waals surface area contributed by atoms with Gasteiger partial charge in [0, 0.05) is 31.1 Å². The molecule has 1 saturated carbocycles. The van der Waals surface area contributed by atoms with Gasteiger partial charge in [-0.05, 0) is 57.3 Å². The highest BCUT2D eigenvalue weighted by molar-refractivity contribution is 5.74. The SMILES string of the molecule is O=C(NCC1(COc2ccccc2)CC1)N1CCC(N2CCCCC2)C1. The predicted octanol–water partition coefficient (Wildman–Crippen LogP) is 3.12. The van der Waals surface area contributed by atoms with Gasteiger partial charge in [-0.3, -0.25) is 4.90 Å². The Kier molecular flexibility index (Phi) is 5.34. The average Bonchev–Trinajstić information content (AvgIpc) is 3.30. The van der Waals surface area contributed by atoms with Crippen LogP contribution in [0.25, 0.3) is 0 Å². The van der Waals surface area contributed by atoms with E-state index in [9.17, 15) is 4.79 Å². The molecule has 0 aromatic heterocycles. The van der Waals surface area contributed by atoms with Crippen LogP contribution in [0, 0.1) is 5.41 Å². The molecule has 2 amide bonds. The molecule has 1 unspecified atom stereocenters. The van der Waals surface area contributed by atoms with Crippen LogP contribution in [0.3, 0.4) is 0 Å². The van der Waals surface area contributed by atoms with Gasteiger partial charge in [0.05, 0.1) is 6.61 Å².